The largest absolute Gasteiger partial charge is 0.492 e. The summed E-state index contributed by atoms with van der Waals surface area (Å²) < 4.78 is 5.75. The fourth-order valence-electron chi connectivity index (χ4n) is 3.69. The van der Waals surface area contributed by atoms with E-state index in [-0.39, 0.29) is 17.2 Å². The Morgan fingerprint density at radius 2 is 1.75 bits per heavy atom. The lowest BCUT2D eigenvalue weighted by Crippen LogP contribution is -2.28. The molecule has 1 aliphatic heterocycles. The van der Waals surface area contributed by atoms with Gasteiger partial charge in [-0.2, -0.15) is 0 Å². The summed E-state index contributed by atoms with van der Waals surface area (Å²) in [5, 5.41) is 2.80. The third kappa shape index (κ3) is 4.65. The van der Waals surface area contributed by atoms with Gasteiger partial charge in [-0.25, -0.2) is 0 Å². The van der Waals surface area contributed by atoms with Crippen molar-refractivity contribution < 1.29 is 14.3 Å². The quantitative estimate of drug-likeness (QED) is 0.507. The van der Waals surface area contributed by atoms with Gasteiger partial charge in [0.1, 0.15) is 11.1 Å². The second-order valence-corrected chi connectivity index (χ2v) is 8.52. The molecule has 164 valence electrons. The fraction of sp³-hybridized carbons (Fsp3) is 0.231. The first-order valence-corrected chi connectivity index (χ1v) is 11.8. The van der Waals surface area contributed by atoms with Crippen LogP contribution in [0.3, 0.4) is 0 Å². The van der Waals surface area contributed by atoms with Gasteiger partial charge < -0.3 is 10.1 Å². The van der Waals surface area contributed by atoms with Gasteiger partial charge in [-0.1, -0.05) is 43.3 Å². The van der Waals surface area contributed by atoms with Crippen molar-refractivity contribution in [1.29, 1.82) is 0 Å². The van der Waals surface area contributed by atoms with Crippen LogP contribution in [0.4, 0.5) is 11.4 Å². The highest BCUT2D eigenvalue weighted by Gasteiger charge is 2.35. The molecule has 1 N–H and O–H groups in total. The van der Waals surface area contributed by atoms with E-state index in [9.17, 15) is 9.59 Å². The molecule has 1 fully saturated rings. The topological polar surface area (TPSA) is 58.6 Å². The smallest absolute Gasteiger partial charge is 0.255 e. The van der Waals surface area contributed by atoms with Crippen molar-refractivity contribution in [3.8, 4) is 5.75 Å². The van der Waals surface area contributed by atoms with Crippen LogP contribution >= 0.6 is 11.8 Å². The molecule has 1 aliphatic rings. The molecule has 2 amide bonds. The minimum Gasteiger partial charge on any atom is -0.492 e. The molecule has 1 atom stereocenters. The van der Waals surface area contributed by atoms with Gasteiger partial charge in [-0.05, 0) is 60.9 Å². The maximum absolute atomic E-state index is 12.7. The van der Waals surface area contributed by atoms with Gasteiger partial charge in [0.25, 0.3) is 5.91 Å². The number of para-hydroxylation sites is 2. The van der Waals surface area contributed by atoms with Crippen LogP contribution < -0.4 is 15.0 Å². The Morgan fingerprint density at radius 1 is 1.03 bits per heavy atom. The predicted molar refractivity (Wildman–Crippen MR) is 131 cm³/mol. The molecular formula is C26H26N2O3S. The van der Waals surface area contributed by atoms with Crippen molar-refractivity contribution in [3.63, 3.8) is 0 Å². The highest BCUT2D eigenvalue weighted by Crippen LogP contribution is 2.44. The first-order valence-electron chi connectivity index (χ1n) is 10.8. The number of nitrogens with zero attached hydrogens (tertiary/aromatic N) is 1. The Hall–Kier alpha value is -3.25. The molecule has 4 rings (SSSR count). The zero-order valence-corrected chi connectivity index (χ0v) is 19.0. The van der Waals surface area contributed by atoms with Crippen molar-refractivity contribution in [3.05, 3.63) is 89.5 Å². The Bertz CT molecular complexity index is 1100. The SMILES string of the molecule is CCOc1ccccc1N1C(=O)CS[C@@H]1c1ccc(NC(=O)c2ccc(CC)cc2)cc1. The number of benzene rings is 3. The Morgan fingerprint density at radius 3 is 2.44 bits per heavy atom. The summed E-state index contributed by atoms with van der Waals surface area (Å²) in [5.41, 5.74) is 4.32. The van der Waals surface area contributed by atoms with Crippen molar-refractivity contribution >= 4 is 35.0 Å². The van der Waals surface area contributed by atoms with Gasteiger partial charge >= 0.3 is 0 Å². The van der Waals surface area contributed by atoms with E-state index in [1.54, 1.807) is 16.7 Å². The number of thioether (sulfide) groups is 1. The number of aryl methyl sites for hydroxylation is 1. The number of rotatable bonds is 7. The van der Waals surface area contributed by atoms with Gasteiger partial charge in [0, 0.05) is 11.3 Å². The van der Waals surface area contributed by atoms with Gasteiger partial charge in [0.05, 0.1) is 18.0 Å². The summed E-state index contributed by atoms with van der Waals surface area (Å²) in [6.07, 6.45) is 0.942. The number of ether oxygens (including phenoxy) is 1. The summed E-state index contributed by atoms with van der Waals surface area (Å²) in [6, 6.07) is 22.9. The average Bonchev–Trinajstić information content (AvgIpc) is 3.21. The first kappa shape index (κ1) is 22.0. The van der Waals surface area contributed by atoms with E-state index in [2.05, 4.69) is 12.2 Å². The molecule has 0 aliphatic carbocycles. The van der Waals surface area contributed by atoms with Crippen molar-refractivity contribution in [1.82, 2.24) is 0 Å². The van der Waals surface area contributed by atoms with Crippen LogP contribution in [-0.4, -0.2) is 24.2 Å². The standard InChI is InChI=1S/C26H26N2O3S/c1-3-18-9-11-19(12-10-18)25(30)27-21-15-13-20(14-16-21)26-28(24(29)17-32-26)22-7-5-6-8-23(22)31-4-2/h5-16,26H,3-4,17H2,1-2H3,(H,27,30)/t26-/m1/s1. The van der Waals surface area contributed by atoms with Gasteiger partial charge in [-0.15, -0.1) is 11.8 Å². The lowest BCUT2D eigenvalue weighted by molar-refractivity contribution is -0.115. The van der Waals surface area contributed by atoms with Crippen LogP contribution in [0.1, 0.15) is 40.7 Å². The molecule has 1 saturated heterocycles. The van der Waals surface area contributed by atoms with Gasteiger partial charge in [0.2, 0.25) is 5.91 Å². The minimum absolute atomic E-state index is 0.0556. The normalized spacial score (nSPS) is 15.6. The van der Waals surface area contributed by atoms with E-state index in [4.69, 9.17) is 4.74 Å². The second kappa shape index (κ2) is 9.92. The second-order valence-electron chi connectivity index (χ2n) is 7.45. The number of carbonyl (C=O) groups is 2. The maximum atomic E-state index is 12.7. The molecule has 0 radical (unpaired) electrons. The van der Waals surface area contributed by atoms with Crippen molar-refractivity contribution in [2.75, 3.05) is 22.6 Å². The average molecular weight is 447 g/mol. The molecule has 32 heavy (non-hydrogen) atoms. The molecule has 6 heteroatoms. The lowest BCUT2D eigenvalue weighted by atomic mass is 10.1. The summed E-state index contributed by atoms with van der Waals surface area (Å²) in [7, 11) is 0. The molecular weight excluding hydrogens is 420 g/mol. The Kier molecular flexibility index (Phi) is 6.81. The van der Waals surface area contributed by atoms with E-state index in [0.717, 1.165) is 17.7 Å². The van der Waals surface area contributed by atoms with Crippen LogP contribution in [-0.2, 0) is 11.2 Å². The van der Waals surface area contributed by atoms with E-state index in [1.165, 1.54) is 5.56 Å². The zero-order chi connectivity index (χ0) is 22.5. The Balaban J connectivity index is 1.51. The molecule has 0 unspecified atom stereocenters. The number of hydrogen-bond donors (Lipinski definition) is 1. The third-order valence-electron chi connectivity index (χ3n) is 5.37. The number of amides is 2. The monoisotopic (exact) mass is 446 g/mol. The van der Waals surface area contributed by atoms with E-state index >= 15 is 0 Å². The molecule has 5 nitrogen and oxygen atoms in total. The molecule has 0 aromatic heterocycles. The van der Waals surface area contributed by atoms with Crippen LogP contribution in [0.5, 0.6) is 5.75 Å². The number of carbonyl (C=O) groups excluding carboxylic acids is 2. The maximum Gasteiger partial charge on any atom is 0.255 e. The van der Waals surface area contributed by atoms with Crippen LogP contribution in [0.25, 0.3) is 0 Å². The molecule has 3 aromatic carbocycles. The third-order valence-corrected chi connectivity index (χ3v) is 6.58. The van der Waals surface area contributed by atoms with E-state index < -0.39 is 0 Å². The first-order chi connectivity index (χ1) is 15.6. The minimum atomic E-state index is -0.143. The highest BCUT2D eigenvalue weighted by molar-refractivity contribution is 8.00. The number of nitrogens with one attached hydrogen (secondary N) is 1. The summed E-state index contributed by atoms with van der Waals surface area (Å²) in [6.45, 7) is 4.55. The number of hydrogen-bond acceptors (Lipinski definition) is 4. The van der Waals surface area contributed by atoms with E-state index in [0.29, 0.717) is 29.4 Å². The van der Waals surface area contributed by atoms with Gasteiger partial charge in [0.15, 0.2) is 0 Å². The van der Waals surface area contributed by atoms with Crippen LogP contribution in [0.15, 0.2) is 72.8 Å². The van der Waals surface area contributed by atoms with Crippen LogP contribution in [0, 0.1) is 0 Å². The lowest BCUT2D eigenvalue weighted by Gasteiger charge is -2.26. The molecule has 0 bridgehead atoms. The predicted octanol–water partition coefficient (Wildman–Crippen LogP) is 5.68. The Labute approximate surface area is 192 Å². The fourth-order valence-corrected chi connectivity index (χ4v) is 4.86. The van der Waals surface area contributed by atoms with Gasteiger partial charge in [-0.3, -0.25) is 14.5 Å². The summed E-state index contributed by atoms with van der Waals surface area (Å²) in [4.78, 5) is 27.1. The molecule has 1 heterocycles. The summed E-state index contributed by atoms with van der Waals surface area (Å²) in [5.74, 6) is 1.03. The molecule has 0 saturated carbocycles. The molecule has 0 spiro atoms. The van der Waals surface area contributed by atoms with Crippen molar-refractivity contribution in [2.24, 2.45) is 0 Å². The zero-order valence-electron chi connectivity index (χ0n) is 18.2. The van der Waals surface area contributed by atoms with E-state index in [1.807, 2.05) is 79.7 Å². The number of anilines is 2. The highest BCUT2D eigenvalue weighted by atomic mass is 32.2. The molecule has 3 aromatic rings. The van der Waals surface area contributed by atoms with Crippen LogP contribution in [0.2, 0.25) is 0 Å². The van der Waals surface area contributed by atoms with Crippen molar-refractivity contribution in [2.45, 2.75) is 25.6 Å². The summed E-state index contributed by atoms with van der Waals surface area (Å²) >= 11 is 1.59.